The third-order valence-corrected chi connectivity index (χ3v) is 2.06. The van der Waals surface area contributed by atoms with E-state index in [0.29, 0.717) is 6.07 Å². The van der Waals surface area contributed by atoms with Crippen LogP contribution >= 0.6 is 11.6 Å². The Bertz CT molecular complexity index is 424. The molecule has 0 aliphatic carbocycles. The van der Waals surface area contributed by atoms with E-state index in [-0.39, 0.29) is 5.69 Å². The summed E-state index contributed by atoms with van der Waals surface area (Å²) in [5.74, 6) is -1.71. The van der Waals surface area contributed by atoms with E-state index in [1.54, 1.807) is 0 Å². The van der Waals surface area contributed by atoms with Gasteiger partial charge in [-0.25, -0.2) is 13.8 Å². The minimum Gasteiger partial charge on any atom is -0.491 e. The predicted molar refractivity (Wildman–Crippen MR) is 52.0 cm³/mol. The van der Waals surface area contributed by atoms with Crippen LogP contribution in [0.1, 0.15) is 17.8 Å². The molecule has 0 aliphatic heterocycles. The summed E-state index contributed by atoms with van der Waals surface area (Å²) in [5, 5.41) is 0. The molecule has 1 aromatic rings. The summed E-state index contributed by atoms with van der Waals surface area (Å²) in [6.07, 6.45) is -8.08. The molecule has 0 unspecified atom stereocenters. The first-order valence-electron chi connectivity index (χ1n) is 4.46. The predicted octanol–water partition coefficient (Wildman–Crippen LogP) is 3.67. The zero-order valence-corrected chi connectivity index (χ0v) is 9.65. The highest BCUT2D eigenvalue weighted by Gasteiger charge is 2.34. The van der Waals surface area contributed by atoms with E-state index in [2.05, 4.69) is 14.5 Å². The van der Waals surface area contributed by atoms with Gasteiger partial charge in [0.15, 0.2) is 11.5 Å². The minimum absolute atomic E-state index is 0.254. The van der Waals surface area contributed by atoms with E-state index in [4.69, 9.17) is 11.6 Å². The van der Waals surface area contributed by atoms with Crippen LogP contribution in [0.2, 0.25) is 0 Å². The first-order valence-corrected chi connectivity index (χ1v) is 4.99. The summed E-state index contributed by atoms with van der Waals surface area (Å²) >= 11 is 5.41. The Morgan fingerprint density at radius 1 is 1.39 bits per heavy atom. The van der Waals surface area contributed by atoms with Crippen molar-refractivity contribution < 1.29 is 31.4 Å². The topological polar surface area (TPSA) is 31.4 Å². The molecular formula is C9H7ClF5NO2. The summed E-state index contributed by atoms with van der Waals surface area (Å²) in [7, 11) is 1.05. The normalized spacial score (nSPS) is 11.8. The molecule has 9 heteroatoms. The maximum absolute atomic E-state index is 12.4. The molecule has 0 amide bonds. The molecule has 0 bridgehead atoms. The number of pyridine rings is 1. The van der Waals surface area contributed by atoms with Crippen molar-refractivity contribution in [3.63, 3.8) is 0 Å². The molecule has 0 radical (unpaired) electrons. The van der Waals surface area contributed by atoms with E-state index < -0.39 is 35.9 Å². The highest BCUT2D eigenvalue weighted by molar-refractivity contribution is 6.17. The number of hydrogen-bond acceptors (Lipinski definition) is 3. The van der Waals surface area contributed by atoms with Crippen LogP contribution in [0.15, 0.2) is 6.07 Å². The number of halogens is 6. The fourth-order valence-corrected chi connectivity index (χ4v) is 1.38. The maximum Gasteiger partial charge on any atom is 0.573 e. The minimum atomic E-state index is -5.03. The molecule has 102 valence electrons. The Hall–Kier alpha value is -1.31. The second-order valence-electron chi connectivity index (χ2n) is 3.01. The molecule has 0 saturated heterocycles. The van der Waals surface area contributed by atoms with Gasteiger partial charge in [0.1, 0.15) is 11.4 Å². The van der Waals surface area contributed by atoms with Gasteiger partial charge in [0.05, 0.1) is 13.0 Å². The highest BCUT2D eigenvalue weighted by atomic mass is 35.5. The van der Waals surface area contributed by atoms with Crippen molar-refractivity contribution in [3.05, 3.63) is 17.5 Å². The number of ether oxygens (including phenoxy) is 2. The second-order valence-corrected chi connectivity index (χ2v) is 3.27. The van der Waals surface area contributed by atoms with Crippen molar-refractivity contribution in [1.82, 2.24) is 4.98 Å². The zero-order chi connectivity index (χ0) is 13.9. The molecule has 3 nitrogen and oxygen atoms in total. The van der Waals surface area contributed by atoms with Crippen LogP contribution in [0.25, 0.3) is 0 Å². The second kappa shape index (κ2) is 5.55. The van der Waals surface area contributed by atoms with Gasteiger partial charge in [-0.3, -0.25) is 0 Å². The van der Waals surface area contributed by atoms with E-state index in [0.717, 1.165) is 7.11 Å². The summed E-state index contributed by atoms with van der Waals surface area (Å²) in [5.41, 5.74) is -1.12. The molecule has 0 fully saturated rings. The molecule has 1 aromatic heterocycles. The third kappa shape index (κ3) is 3.59. The quantitative estimate of drug-likeness (QED) is 0.626. The summed E-state index contributed by atoms with van der Waals surface area (Å²) < 4.78 is 69.5. The van der Waals surface area contributed by atoms with E-state index in [9.17, 15) is 22.0 Å². The van der Waals surface area contributed by atoms with Crippen molar-refractivity contribution in [1.29, 1.82) is 0 Å². The van der Waals surface area contributed by atoms with Crippen molar-refractivity contribution in [2.24, 2.45) is 0 Å². The lowest BCUT2D eigenvalue weighted by atomic mass is 10.2. The smallest absolute Gasteiger partial charge is 0.491 e. The summed E-state index contributed by atoms with van der Waals surface area (Å²) in [6.45, 7) is 0. The van der Waals surface area contributed by atoms with Crippen LogP contribution in [0.5, 0.6) is 11.5 Å². The molecule has 0 atom stereocenters. The van der Waals surface area contributed by atoms with Crippen molar-refractivity contribution in [2.75, 3.05) is 7.11 Å². The Labute approximate surface area is 103 Å². The van der Waals surface area contributed by atoms with Gasteiger partial charge in [0, 0.05) is 6.07 Å². The van der Waals surface area contributed by atoms with Crippen LogP contribution in [0, 0.1) is 0 Å². The number of methoxy groups -OCH3 is 1. The lowest BCUT2D eigenvalue weighted by Gasteiger charge is -2.15. The fourth-order valence-electron chi connectivity index (χ4n) is 1.20. The molecule has 1 heterocycles. The van der Waals surface area contributed by atoms with Crippen LogP contribution in [0.3, 0.4) is 0 Å². The van der Waals surface area contributed by atoms with Crippen molar-refractivity contribution in [2.45, 2.75) is 18.7 Å². The zero-order valence-electron chi connectivity index (χ0n) is 8.89. The first-order chi connectivity index (χ1) is 8.28. The van der Waals surface area contributed by atoms with E-state index in [1.165, 1.54) is 0 Å². The average Bonchev–Trinajstić information content (AvgIpc) is 2.25. The monoisotopic (exact) mass is 291 g/mol. The highest BCUT2D eigenvalue weighted by Crippen LogP contribution is 2.37. The van der Waals surface area contributed by atoms with Gasteiger partial charge >= 0.3 is 6.36 Å². The molecule has 1 rings (SSSR count). The van der Waals surface area contributed by atoms with Gasteiger partial charge in [0.25, 0.3) is 6.43 Å². The molecule has 0 aromatic carbocycles. The van der Waals surface area contributed by atoms with Gasteiger partial charge in [-0.05, 0) is 0 Å². The number of hydrogen-bond donors (Lipinski definition) is 0. The molecule has 0 aliphatic rings. The Morgan fingerprint density at radius 2 is 2.00 bits per heavy atom. The SMILES string of the molecule is COc1c(OC(F)(F)F)cc(C(F)F)nc1CCl. The Kier molecular flexibility index (Phi) is 4.55. The first kappa shape index (κ1) is 14.7. The van der Waals surface area contributed by atoms with Crippen molar-refractivity contribution in [3.8, 4) is 11.5 Å². The molecular weight excluding hydrogens is 285 g/mol. The van der Waals surface area contributed by atoms with E-state index in [1.807, 2.05) is 0 Å². The van der Waals surface area contributed by atoms with Crippen molar-refractivity contribution >= 4 is 11.6 Å². The standard InChI is InChI=1S/C9H7ClF5NO2/c1-17-7-5(3-10)16-4(8(11)12)2-6(7)18-9(13,14)15/h2,8H,3H2,1H3. The maximum atomic E-state index is 12.4. The van der Waals surface area contributed by atoms with Gasteiger partial charge < -0.3 is 9.47 Å². The number of nitrogens with zero attached hydrogens (tertiary/aromatic N) is 1. The summed E-state index contributed by atoms with van der Waals surface area (Å²) in [4.78, 5) is 3.40. The lowest BCUT2D eigenvalue weighted by molar-refractivity contribution is -0.275. The number of aromatic nitrogens is 1. The van der Waals surface area contributed by atoms with Crippen LogP contribution < -0.4 is 9.47 Å². The molecule has 0 N–H and O–H groups in total. The Morgan fingerprint density at radius 3 is 2.39 bits per heavy atom. The largest absolute Gasteiger partial charge is 0.573 e. The lowest BCUT2D eigenvalue weighted by Crippen LogP contribution is -2.18. The molecule has 0 spiro atoms. The van der Waals surface area contributed by atoms with Gasteiger partial charge in [0.2, 0.25) is 0 Å². The van der Waals surface area contributed by atoms with Gasteiger partial charge in [-0.1, -0.05) is 0 Å². The summed E-state index contributed by atoms with van der Waals surface area (Å²) in [6, 6.07) is 0.465. The average molecular weight is 292 g/mol. The van der Waals surface area contributed by atoms with Crippen LogP contribution in [-0.4, -0.2) is 18.5 Å². The van der Waals surface area contributed by atoms with E-state index >= 15 is 0 Å². The number of alkyl halides is 6. The van der Waals surface area contributed by atoms with Crippen LogP contribution in [-0.2, 0) is 5.88 Å². The molecule has 0 saturated carbocycles. The third-order valence-electron chi connectivity index (χ3n) is 1.81. The van der Waals surface area contributed by atoms with Crippen LogP contribution in [0.4, 0.5) is 22.0 Å². The fraction of sp³-hybridized carbons (Fsp3) is 0.444. The van der Waals surface area contributed by atoms with Gasteiger partial charge in [-0.2, -0.15) is 0 Å². The number of rotatable bonds is 4. The Balaban J connectivity index is 3.31. The van der Waals surface area contributed by atoms with Gasteiger partial charge in [-0.15, -0.1) is 24.8 Å². The molecule has 18 heavy (non-hydrogen) atoms.